The van der Waals surface area contributed by atoms with Gasteiger partial charge in [0.05, 0.1) is 29.3 Å². The number of hydrogen-bond acceptors (Lipinski definition) is 6. The predicted molar refractivity (Wildman–Crippen MR) is 140 cm³/mol. The fourth-order valence-electron chi connectivity index (χ4n) is 4.85. The van der Waals surface area contributed by atoms with Crippen molar-refractivity contribution in [2.45, 2.75) is 65.0 Å². The number of nitrogens with one attached hydrogen (secondary N) is 1. The predicted octanol–water partition coefficient (Wildman–Crippen LogP) is 6.11. The van der Waals surface area contributed by atoms with Crippen LogP contribution in [-0.2, 0) is 6.42 Å². The molecule has 4 aromatic rings. The van der Waals surface area contributed by atoms with Crippen LogP contribution in [0.3, 0.4) is 0 Å². The first-order chi connectivity index (χ1) is 16.8. The quantitative estimate of drug-likeness (QED) is 0.351. The number of amides is 1. The largest absolute Gasteiger partial charge is 0.347 e. The molecule has 182 valence electrons. The number of fused-ring (bicyclic) bond motifs is 1. The molecule has 7 nitrogen and oxygen atoms in total. The van der Waals surface area contributed by atoms with Crippen LogP contribution < -0.4 is 5.32 Å². The molecular formula is C26H29ClN6OS. The second kappa shape index (κ2) is 9.66. The number of carbonyl (C=O) groups excluding carboxylic acids is 1. The second-order valence-electron chi connectivity index (χ2n) is 10.4. The minimum Gasteiger partial charge on any atom is -0.347 e. The van der Waals surface area contributed by atoms with E-state index in [0.29, 0.717) is 9.34 Å². The van der Waals surface area contributed by atoms with Crippen molar-refractivity contribution in [3.8, 4) is 11.4 Å². The summed E-state index contributed by atoms with van der Waals surface area (Å²) in [7, 11) is 0. The first-order valence-electron chi connectivity index (χ1n) is 12.0. The molecule has 5 rings (SSSR count). The number of hydrogen-bond donors (Lipinski definition) is 1. The van der Waals surface area contributed by atoms with Crippen molar-refractivity contribution in [3.05, 3.63) is 58.0 Å². The SMILES string of the molecule is CC(C)(C)Cc1nc2cnc(-c3ccccn3)cc2n1C1CCCC(NC(=O)c2ncc(Cl)s2)C1. The van der Waals surface area contributed by atoms with Crippen molar-refractivity contribution in [2.75, 3.05) is 0 Å². The van der Waals surface area contributed by atoms with E-state index in [4.69, 9.17) is 16.6 Å². The molecule has 9 heteroatoms. The van der Waals surface area contributed by atoms with Crippen LogP contribution in [0, 0.1) is 5.41 Å². The molecule has 4 heterocycles. The van der Waals surface area contributed by atoms with Crippen molar-refractivity contribution < 1.29 is 4.79 Å². The highest BCUT2D eigenvalue weighted by Crippen LogP contribution is 2.35. The fourth-order valence-corrected chi connectivity index (χ4v) is 5.66. The van der Waals surface area contributed by atoms with Gasteiger partial charge in [-0.2, -0.15) is 0 Å². The van der Waals surface area contributed by atoms with E-state index in [0.717, 1.165) is 60.3 Å². The molecule has 4 aromatic heterocycles. The third-order valence-corrected chi connectivity index (χ3v) is 7.40. The van der Waals surface area contributed by atoms with E-state index in [9.17, 15) is 4.79 Å². The molecule has 2 atom stereocenters. The van der Waals surface area contributed by atoms with Crippen LogP contribution >= 0.6 is 22.9 Å². The van der Waals surface area contributed by atoms with Crippen molar-refractivity contribution in [3.63, 3.8) is 0 Å². The summed E-state index contributed by atoms with van der Waals surface area (Å²) in [5.74, 6) is 0.913. The molecule has 1 saturated carbocycles. The highest BCUT2D eigenvalue weighted by Gasteiger charge is 2.29. The number of imidazole rings is 1. The minimum atomic E-state index is -0.153. The van der Waals surface area contributed by atoms with E-state index in [-0.39, 0.29) is 23.4 Å². The molecule has 1 N–H and O–H groups in total. The van der Waals surface area contributed by atoms with Gasteiger partial charge in [0.1, 0.15) is 15.7 Å². The Hall–Kier alpha value is -2.84. The lowest BCUT2D eigenvalue weighted by Gasteiger charge is -2.32. The van der Waals surface area contributed by atoms with Crippen LogP contribution in [0.5, 0.6) is 0 Å². The standard InChI is InChI=1S/C26H29ClN6OS/c1-26(2,3)13-23-32-20-14-29-19(18-9-4-5-10-28-18)12-21(20)33(23)17-8-6-7-16(11-17)31-24(34)25-30-15-22(27)35-25/h4-5,9-10,12,14-17H,6-8,11,13H2,1-3H3,(H,31,34). The topological polar surface area (TPSA) is 85.6 Å². The summed E-state index contributed by atoms with van der Waals surface area (Å²) >= 11 is 7.18. The molecule has 0 aromatic carbocycles. The summed E-state index contributed by atoms with van der Waals surface area (Å²) in [4.78, 5) is 31.0. The molecule has 0 spiro atoms. The second-order valence-corrected chi connectivity index (χ2v) is 12.0. The van der Waals surface area contributed by atoms with Gasteiger partial charge in [-0.25, -0.2) is 9.97 Å². The smallest absolute Gasteiger partial charge is 0.280 e. The molecular weight excluding hydrogens is 480 g/mol. The van der Waals surface area contributed by atoms with Crippen LogP contribution in [0.25, 0.3) is 22.4 Å². The van der Waals surface area contributed by atoms with Gasteiger partial charge in [-0.3, -0.25) is 14.8 Å². The Kier molecular flexibility index (Phi) is 6.59. The molecule has 0 saturated heterocycles. The summed E-state index contributed by atoms with van der Waals surface area (Å²) in [6.07, 6.45) is 9.88. The lowest BCUT2D eigenvalue weighted by molar-refractivity contribution is 0.0920. The number of halogens is 1. The average Bonchev–Trinajstić information content (AvgIpc) is 3.41. The maximum absolute atomic E-state index is 12.7. The maximum Gasteiger partial charge on any atom is 0.280 e. The molecule has 1 amide bonds. The lowest BCUT2D eigenvalue weighted by Crippen LogP contribution is -2.39. The van der Waals surface area contributed by atoms with E-state index in [1.54, 1.807) is 6.20 Å². The van der Waals surface area contributed by atoms with Gasteiger partial charge >= 0.3 is 0 Å². The molecule has 0 aliphatic heterocycles. The number of carbonyl (C=O) groups is 1. The normalized spacial score (nSPS) is 18.6. The maximum atomic E-state index is 12.7. The number of nitrogens with zero attached hydrogens (tertiary/aromatic N) is 5. The Balaban J connectivity index is 1.48. The Morgan fingerprint density at radius 2 is 2.03 bits per heavy atom. The monoisotopic (exact) mass is 508 g/mol. The number of thiazole rings is 1. The van der Waals surface area contributed by atoms with Gasteiger partial charge in [0.2, 0.25) is 0 Å². The van der Waals surface area contributed by atoms with Gasteiger partial charge in [0.15, 0.2) is 5.01 Å². The van der Waals surface area contributed by atoms with Gasteiger partial charge in [-0.15, -0.1) is 0 Å². The first kappa shape index (κ1) is 23.9. The first-order valence-corrected chi connectivity index (χ1v) is 13.2. The molecule has 1 aliphatic rings. The van der Waals surface area contributed by atoms with Crippen molar-refractivity contribution in [1.29, 1.82) is 0 Å². The molecule has 2 unspecified atom stereocenters. The highest BCUT2D eigenvalue weighted by atomic mass is 35.5. The number of rotatable bonds is 5. The minimum absolute atomic E-state index is 0.0703. The van der Waals surface area contributed by atoms with Gasteiger partial charge in [0, 0.05) is 24.7 Å². The third kappa shape index (κ3) is 5.38. The zero-order valence-electron chi connectivity index (χ0n) is 20.2. The Morgan fingerprint density at radius 1 is 1.17 bits per heavy atom. The van der Waals surface area contributed by atoms with Crippen LogP contribution in [0.2, 0.25) is 4.34 Å². The van der Waals surface area contributed by atoms with Crippen LogP contribution in [-0.4, -0.2) is 36.5 Å². The highest BCUT2D eigenvalue weighted by molar-refractivity contribution is 7.17. The van der Waals surface area contributed by atoms with Gasteiger partial charge < -0.3 is 9.88 Å². The van der Waals surface area contributed by atoms with Gasteiger partial charge in [-0.1, -0.05) is 49.8 Å². The fraction of sp³-hybridized carbons (Fsp3) is 0.423. The molecule has 0 bridgehead atoms. The van der Waals surface area contributed by atoms with E-state index in [2.05, 4.69) is 51.7 Å². The van der Waals surface area contributed by atoms with E-state index in [1.165, 1.54) is 17.5 Å². The van der Waals surface area contributed by atoms with Crippen molar-refractivity contribution in [2.24, 2.45) is 5.41 Å². The number of pyridine rings is 2. The molecule has 35 heavy (non-hydrogen) atoms. The van der Waals surface area contributed by atoms with E-state index in [1.807, 2.05) is 24.4 Å². The summed E-state index contributed by atoms with van der Waals surface area (Å²) < 4.78 is 2.92. The summed E-state index contributed by atoms with van der Waals surface area (Å²) in [5, 5.41) is 3.59. The Labute approximate surface area is 214 Å². The van der Waals surface area contributed by atoms with Crippen molar-refractivity contribution >= 4 is 39.9 Å². The third-order valence-electron chi connectivity index (χ3n) is 6.28. The average molecular weight is 509 g/mol. The van der Waals surface area contributed by atoms with Gasteiger partial charge in [0.25, 0.3) is 5.91 Å². The molecule has 0 radical (unpaired) electrons. The molecule has 1 fully saturated rings. The van der Waals surface area contributed by atoms with Crippen LogP contribution in [0.15, 0.2) is 42.9 Å². The van der Waals surface area contributed by atoms with E-state index < -0.39 is 0 Å². The van der Waals surface area contributed by atoms with Crippen LogP contribution in [0.4, 0.5) is 0 Å². The zero-order chi connectivity index (χ0) is 24.6. The van der Waals surface area contributed by atoms with E-state index >= 15 is 0 Å². The number of aromatic nitrogens is 5. The Bertz CT molecular complexity index is 1340. The zero-order valence-corrected chi connectivity index (χ0v) is 21.7. The van der Waals surface area contributed by atoms with Crippen LogP contribution in [0.1, 0.15) is 68.1 Å². The Morgan fingerprint density at radius 3 is 2.74 bits per heavy atom. The summed E-state index contributed by atoms with van der Waals surface area (Å²) in [6, 6.07) is 8.26. The molecule has 1 aliphatic carbocycles. The lowest BCUT2D eigenvalue weighted by atomic mass is 9.89. The van der Waals surface area contributed by atoms with Gasteiger partial charge in [-0.05, 0) is 49.3 Å². The summed E-state index contributed by atoms with van der Waals surface area (Å²) in [6.45, 7) is 6.70. The summed E-state index contributed by atoms with van der Waals surface area (Å²) in [5.41, 5.74) is 3.73. The van der Waals surface area contributed by atoms with Crippen molar-refractivity contribution in [1.82, 2.24) is 29.8 Å².